The average molecular weight is 766 g/mol. The van der Waals surface area contributed by atoms with Crippen molar-refractivity contribution in [2.45, 2.75) is 71.2 Å². The van der Waals surface area contributed by atoms with Gasteiger partial charge in [-0.15, -0.1) is 0 Å². The van der Waals surface area contributed by atoms with E-state index in [0.717, 1.165) is 105 Å². The molecular formula is C46H41N10O2+. The van der Waals surface area contributed by atoms with Crippen LogP contribution in [0.5, 0.6) is 11.5 Å². The largest absolute Gasteiger partial charge is 0.485 e. The Labute approximate surface area is 335 Å². The molecule has 0 unspecified atom stereocenters. The molecule has 2 aliphatic carbocycles. The van der Waals surface area contributed by atoms with Gasteiger partial charge in [0.05, 0.1) is 59.8 Å². The summed E-state index contributed by atoms with van der Waals surface area (Å²) in [6, 6.07) is 26.3. The normalized spacial score (nSPS) is 16.0. The third-order valence-electron chi connectivity index (χ3n) is 11.4. The topological polar surface area (TPSA) is 118 Å². The maximum atomic E-state index is 9.39. The second-order valence-electron chi connectivity index (χ2n) is 15.4. The van der Waals surface area contributed by atoms with Crippen molar-refractivity contribution in [3.05, 3.63) is 147 Å². The van der Waals surface area contributed by atoms with Crippen LogP contribution in [0, 0.1) is 31.2 Å². The number of benzene rings is 4. The first-order chi connectivity index (χ1) is 28.4. The van der Waals surface area contributed by atoms with Crippen molar-refractivity contribution in [2.24, 2.45) is 7.05 Å². The van der Waals surface area contributed by atoms with Crippen LogP contribution in [0.3, 0.4) is 0 Å². The summed E-state index contributed by atoms with van der Waals surface area (Å²) in [5.41, 5.74) is 12.3. The lowest BCUT2D eigenvalue weighted by Gasteiger charge is -2.27. The Kier molecular flexibility index (Phi) is 8.75. The first-order valence-electron chi connectivity index (χ1n) is 19.8. The van der Waals surface area contributed by atoms with Crippen LogP contribution in [-0.4, -0.2) is 39.1 Å². The van der Waals surface area contributed by atoms with Gasteiger partial charge >= 0.3 is 12.7 Å². The third-order valence-corrected chi connectivity index (χ3v) is 11.4. The second kappa shape index (κ2) is 14.4. The predicted octanol–water partition coefficient (Wildman–Crippen LogP) is 9.03. The summed E-state index contributed by atoms with van der Waals surface area (Å²) < 4.78 is 20.8. The van der Waals surface area contributed by atoms with Crippen molar-refractivity contribution < 1.29 is 9.47 Å². The molecule has 0 saturated heterocycles. The molecular weight excluding hydrogens is 725 g/mol. The van der Waals surface area contributed by atoms with Crippen LogP contribution in [0.2, 0.25) is 0 Å². The Hall–Kier alpha value is -7.18. The van der Waals surface area contributed by atoms with Gasteiger partial charge in [-0.05, 0) is 122 Å². The van der Waals surface area contributed by atoms with Crippen molar-refractivity contribution in [1.82, 2.24) is 39.1 Å². The maximum absolute atomic E-state index is 9.39. The van der Waals surface area contributed by atoms with E-state index in [9.17, 15) is 5.26 Å². The lowest BCUT2D eigenvalue weighted by atomic mass is 9.88. The number of hydrogen-bond donors (Lipinski definition) is 0. The van der Waals surface area contributed by atoms with Crippen molar-refractivity contribution in [1.29, 1.82) is 5.26 Å². The molecule has 4 aromatic heterocycles. The number of rotatable bonds is 7. The number of nitrogens with zero attached hydrogens (tertiary/aromatic N) is 10. The molecule has 10 rings (SSSR count). The number of hydrogen-bond acceptors (Lipinski definition) is 7. The van der Waals surface area contributed by atoms with Crippen molar-refractivity contribution in [2.75, 3.05) is 0 Å². The fraction of sp³-hybridized carbons (Fsp3) is 0.261. The number of fused-ring (bicyclic) bond motifs is 4. The average Bonchev–Trinajstić information content (AvgIpc) is 4.05. The highest BCUT2D eigenvalue weighted by Gasteiger charge is 2.25. The molecule has 0 saturated carbocycles. The van der Waals surface area contributed by atoms with E-state index in [-0.39, 0.29) is 12.2 Å². The maximum Gasteiger partial charge on any atom is 0.357 e. The van der Waals surface area contributed by atoms with Gasteiger partial charge in [-0.1, -0.05) is 17.0 Å². The van der Waals surface area contributed by atoms with Crippen LogP contribution in [0.1, 0.15) is 82.4 Å². The minimum atomic E-state index is -0.0636. The molecule has 2 atom stereocenters. The van der Waals surface area contributed by atoms with E-state index in [4.69, 9.17) is 14.6 Å². The lowest BCUT2D eigenvalue weighted by Crippen LogP contribution is -2.16. The zero-order valence-corrected chi connectivity index (χ0v) is 32.6. The fourth-order valence-corrected chi connectivity index (χ4v) is 8.49. The predicted molar refractivity (Wildman–Crippen MR) is 221 cm³/mol. The Morgan fingerprint density at radius 3 is 1.84 bits per heavy atom. The van der Waals surface area contributed by atoms with Gasteiger partial charge in [0.25, 0.3) is 0 Å². The van der Waals surface area contributed by atoms with Gasteiger partial charge in [0.15, 0.2) is 0 Å². The number of aromatic nitrogens is 8. The van der Waals surface area contributed by atoms with E-state index in [1.165, 1.54) is 16.7 Å². The first-order valence-corrected chi connectivity index (χ1v) is 19.8. The second-order valence-corrected chi connectivity index (χ2v) is 15.4. The van der Waals surface area contributed by atoms with E-state index in [0.29, 0.717) is 12.2 Å². The molecule has 0 radical (unpaired) electrons. The van der Waals surface area contributed by atoms with Crippen LogP contribution in [0.25, 0.3) is 38.0 Å². The quantitative estimate of drug-likeness (QED) is 0.159. The molecule has 4 aromatic carbocycles. The summed E-state index contributed by atoms with van der Waals surface area (Å²) in [4.78, 5) is 4.63. The van der Waals surface area contributed by atoms with E-state index < -0.39 is 0 Å². The molecule has 0 N–H and O–H groups in total. The molecule has 4 heterocycles. The van der Waals surface area contributed by atoms with Gasteiger partial charge in [0.1, 0.15) is 40.6 Å². The molecule has 0 amide bonds. The molecule has 58 heavy (non-hydrogen) atoms. The lowest BCUT2D eigenvalue weighted by molar-refractivity contribution is 0.182. The van der Waals surface area contributed by atoms with Crippen molar-refractivity contribution in [3.63, 3.8) is 0 Å². The summed E-state index contributed by atoms with van der Waals surface area (Å²) in [5.74, 6) is 1.69. The Balaban J connectivity index is 0.836. The van der Waals surface area contributed by atoms with Crippen molar-refractivity contribution in [3.8, 4) is 35.0 Å². The molecule has 286 valence electrons. The highest BCUT2D eigenvalue weighted by molar-refractivity contribution is 5.84. The summed E-state index contributed by atoms with van der Waals surface area (Å²) in [6.45, 7) is 4.48. The number of ether oxygens (including phenoxy) is 2. The minimum absolute atomic E-state index is 0.0456. The summed E-state index contributed by atoms with van der Waals surface area (Å²) >= 11 is 0. The van der Waals surface area contributed by atoms with Gasteiger partial charge < -0.3 is 9.47 Å². The van der Waals surface area contributed by atoms with Gasteiger partial charge in [-0.2, -0.15) is 30.3 Å². The fourth-order valence-electron chi connectivity index (χ4n) is 8.49. The molecule has 0 aliphatic heterocycles. The standard InChI is InChI=1S/C46H41N10O2/c1-29-14-35-22-51-55(37-24-49-53(3)26-37)41(35)18-45(29)58-44-9-5-7-34-17-32(11-13-40(34)44)21-48-28-54-27-38(25-50-54)56-42-19-46(30(2)15-36(42)23-52-56)57-43-8-4-6-33-16-31(20-47)10-12-39(33)43/h10-19,22-27,43-44H,4-9,28H2,1-3H3/q+1/t43-,44+/m1/s1. The zero-order valence-electron chi connectivity index (χ0n) is 32.6. The monoisotopic (exact) mass is 765 g/mol. The highest BCUT2D eigenvalue weighted by atomic mass is 16.5. The summed E-state index contributed by atoms with van der Waals surface area (Å²) in [5, 5.41) is 29.7. The highest BCUT2D eigenvalue weighted by Crippen LogP contribution is 2.38. The van der Waals surface area contributed by atoms with Crippen LogP contribution in [0.15, 0.2) is 97.8 Å². The van der Waals surface area contributed by atoms with E-state index in [2.05, 4.69) is 88.6 Å². The van der Waals surface area contributed by atoms with Gasteiger partial charge in [-0.25, -0.2) is 9.36 Å². The molecule has 2 aliphatic rings. The number of nitriles is 1. The molecule has 0 bridgehead atoms. The molecule has 12 nitrogen and oxygen atoms in total. The van der Waals surface area contributed by atoms with Crippen LogP contribution >= 0.6 is 0 Å². The first kappa shape index (κ1) is 35.2. The Morgan fingerprint density at radius 1 is 0.690 bits per heavy atom. The third kappa shape index (κ3) is 6.52. The SMILES string of the molecule is Cc1cc2cnn(-c3cnn(C)c3)c2cc1O[C@H]1CCCc2cc(C#[N+]Cn3cc(-n4ncc5cc(C)c(O[C@@H]6CCCc7cc(C#N)ccc76)cc54)cn3)ccc21. The van der Waals surface area contributed by atoms with E-state index in [1.807, 2.05) is 65.6 Å². The van der Waals surface area contributed by atoms with Crippen LogP contribution < -0.4 is 9.47 Å². The van der Waals surface area contributed by atoms with Gasteiger partial charge in [0.2, 0.25) is 0 Å². The van der Waals surface area contributed by atoms with Gasteiger partial charge in [0, 0.05) is 30.0 Å². The number of aryl methyl sites for hydroxylation is 5. The van der Waals surface area contributed by atoms with E-state index >= 15 is 0 Å². The summed E-state index contributed by atoms with van der Waals surface area (Å²) in [7, 11) is 1.90. The van der Waals surface area contributed by atoms with E-state index in [1.54, 1.807) is 15.6 Å². The minimum Gasteiger partial charge on any atom is -0.485 e. The van der Waals surface area contributed by atoms with Gasteiger partial charge in [-0.3, -0.25) is 4.68 Å². The smallest absolute Gasteiger partial charge is 0.357 e. The molecule has 8 aromatic rings. The molecule has 12 heteroatoms. The zero-order chi connectivity index (χ0) is 39.3. The Morgan fingerprint density at radius 2 is 1.26 bits per heavy atom. The Bertz CT molecular complexity index is 2980. The summed E-state index contributed by atoms with van der Waals surface area (Å²) in [6.07, 6.45) is 17.1. The molecule has 0 fully saturated rings. The van der Waals surface area contributed by atoms with Crippen LogP contribution in [-0.2, 0) is 26.6 Å². The van der Waals surface area contributed by atoms with Crippen LogP contribution in [0.4, 0.5) is 0 Å². The van der Waals surface area contributed by atoms with Crippen molar-refractivity contribution >= 4 is 21.8 Å². The molecule has 0 spiro atoms.